The first kappa shape index (κ1) is 74.1. The van der Waals surface area contributed by atoms with Gasteiger partial charge in [0.05, 0.1) is 19.8 Å². The van der Waals surface area contributed by atoms with Crippen LogP contribution in [0, 0.1) is 0 Å². The van der Waals surface area contributed by atoms with E-state index in [0.717, 1.165) is 109 Å². The van der Waals surface area contributed by atoms with Gasteiger partial charge in [0.1, 0.15) is 12.7 Å². The normalized spacial score (nSPS) is 14.1. The van der Waals surface area contributed by atoms with Crippen LogP contribution in [0.3, 0.4) is 0 Å². The van der Waals surface area contributed by atoms with E-state index in [0.29, 0.717) is 19.3 Å². The molecule has 0 aromatic heterocycles. The first-order chi connectivity index (χ1) is 38.2. The molecule has 0 rings (SSSR count). The van der Waals surface area contributed by atoms with Crippen molar-refractivity contribution in [3.05, 3.63) is 109 Å². The fraction of sp³-hybridized carbons (Fsp3) is 0.682. The number of phosphoric acid groups is 1. The summed E-state index contributed by atoms with van der Waals surface area (Å²) in [5.41, 5.74) is 0. The minimum Gasteiger partial charge on any atom is -0.462 e. The summed E-state index contributed by atoms with van der Waals surface area (Å²) in [6.07, 6.45) is 71.9. The van der Waals surface area contributed by atoms with Crippen LogP contribution in [0.15, 0.2) is 109 Å². The molecule has 0 amide bonds. The van der Waals surface area contributed by atoms with E-state index >= 15 is 0 Å². The summed E-state index contributed by atoms with van der Waals surface area (Å²) in [5.74, 6) is -1.55. The van der Waals surface area contributed by atoms with E-state index in [4.69, 9.17) is 23.3 Å². The molecule has 0 spiro atoms. The van der Waals surface area contributed by atoms with E-state index in [1.54, 1.807) is 0 Å². The number of phosphoric ester groups is 1. The fourth-order valence-electron chi connectivity index (χ4n) is 8.04. The minimum atomic E-state index is -4.77. The molecule has 12 heteroatoms. The molecule has 78 heavy (non-hydrogen) atoms. The maximum absolute atomic E-state index is 12.9. The monoisotopic (exact) mass is 1110 g/mol. The van der Waals surface area contributed by atoms with Crippen molar-refractivity contribution in [2.45, 2.75) is 264 Å². The Hall–Kier alpha value is -3.86. The molecule has 0 bridgehead atoms. The Labute approximate surface area is 475 Å². The lowest BCUT2D eigenvalue weighted by Gasteiger charge is -2.21. The molecule has 0 aromatic rings. The summed E-state index contributed by atoms with van der Waals surface area (Å²) >= 11 is 0. The van der Waals surface area contributed by atoms with Gasteiger partial charge in [-0.15, -0.1) is 0 Å². The van der Waals surface area contributed by atoms with Crippen molar-refractivity contribution in [3.8, 4) is 0 Å². The molecular formula is C66H111O11P. The van der Waals surface area contributed by atoms with E-state index in [9.17, 15) is 28.9 Å². The zero-order chi connectivity index (χ0) is 56.9. The van der Waals surface area contributed by atoms with E-state index in [1.165, 1.54) is 83.5 Å². The first-order valence-corrected chi connectivity index (χ1v) is 32.3. The van der Waals surface area contributed by atoms with Gasteiger partial charge in [-0.05, 0) is 122 Å². The van der Waals surface area contributed by atoms with Gasteiger partial charge in [-0.1, -0.05) is 220 Å². The van der Waals surface area contributed by atoms with Gasteiger partial charge in [-0.25, -0.2) is 4.57 Å². The lowest BCUT2D eigenvalue weighted by atomic mass is 10.1. The van der Waals surface area contributed by atoms with Crippen LogP contribution in [-0.2, 0) is 42.2 Å². The van der Waals surface area contributed by atoms with Crippen LogP contribution >= 0.6 is 7.82 Å². The van der Waals surface area contributed by atoms with Crippen LogP contribution in [0.2, 0.25) is 0 Å². The van der Waals surface area contributed by atoms with Gasteiger partial charge in [0.25, 0.3) is 0 Å². The average Bonchev–Trinajstić information content (AvgIpc) is 3.43. The number of carbonyl (C=O) groups excluding carboxylic acids is 3. The molecule has 3 unspecified atom stereocenters. The molecule has 0 saturated heterocycles. The van der Waals surface area contributed by atoms with Crippen LogP contribution in [0.1, 0.15) is 252 Å². The van der Waals surface area contributed by atoms with E-state index in [2.05, 4.69) is 130 Å². The van der Waals surface area contributed by atoms with Crippen molar-refractivity contribution in [3.63, 3.8) is 0 Å². The average molecular weight is 1110 g/mol. The molecule has 3 atom stereocenters. The van der Waals surface area contributed by atoms with Crippen LogP contribution in [0.5, 0.6) is 0 Å². The Bertz CT molecular complexity index is 1720. The number of aliphatic hydroxyl groups is 1. The Morgan fingerprint density at radius 3 is 1.05 bits per heavy atom. The molecule has 0 aromatic carbocycles. The molecule has 0 aliphatic heterocycles. The third-order valence-corrected chi connectivity index (χ3v) is 13.6. The molecule has 0 fully saturated rings. The quantitative estimate of drug-likeness (QED) is 0.0197. The highest BCUT2D eigenvalue weighted by Gasteiger charge is 2.28. The second kappa shape index (κ2) is 59.3. The van der Waals surface area contributed by atoms with Crippen molar-refractivity contribution >= 4 is 25.7 Å². The van der Waals surface area contributed by atoms with Gasteiger partial charge < -0.3 is 24.2 Å². The number of allylic oxidation sites excluding steroid dienone is 18. The summed E-state index contributed by atoms with van der Waals surface area (Å²) in [6, 6.07) is 0. The molecule has 0 heterocycles. The summed E-state index contributed by atoms with van der Waals surface area (Å²) in [6.45, 7) is 4.35. The van der Waals surface area contributed by atoms with Gasteiger partial charge in [0.15, 0.2) is 6.10 Å². The number of hydrogen-bond donors (Lipinski definition) is 2. The second-order valence-electron chi connectivity index (χ2n) is 20.1. The largest absolute Gasteiger partial charge is 0.472 e. The molecule has 0 radical (unpaired) electrons. The smallest absolute Gasteiger partial charge is 0.462 e. The van der Waals surface area contributed by atoms with Crippen molar-refractivity contribution in [1.29, 1.82) is 0 Å². The van der Waals surface area contributed by atoms with Crippen molar-refractivity contribution in [2.75, 3.05) is 26.4 Å². The summed E-state index contributed by atoms with van der Waals surface area (Å²) in [7, 11) is -4.77. The molecule has 446 valence electrons. The highest BCUT2D eigenvalue weighted by molar-refractivity contribution is 7.47. The Morgan fingerprint density at radius 2 is 0.667 bits per heavy atom. The van der Waals surface area contributed by atoms with E-state index in [1.807, 2.05) is 0 Å². The molecule has 2 N–H and O–H groups in total. The maximum atomic E-state index is 12.9. The first-order valence-electron chi connectivity index (χ1n) is 30.8. The topological polar surface area (TPSA) is 155 Å². The summed E-state index contributed by atoms with van der Waals surface area (Å²) < 4.78 is 39.5. The number of rotatable bonds is 56. The van der Waals surface area contributed by atoms with Crippen LogP contribution in [0.25, 0.3) is 0 Å². The maximum Gasteiger partial charge on any atom is 0.472 e. The molecule has 0 aliphatic carbocycles. The van der Waals surface area contributed by atoms with Gasteiger partial charge in [-0.3, -0.25) is 23.4 Å². The van der Waals surface area contributed by atoms with Crippen LogP contribution in [-0.4, -0.2) is 66.5 Å². The van der Waals surface area contributed by atoms with Gasteiger partial charge in [0, 0.05) is 19.3 Å². The zero-order valence-corrected chi connectivity index (χ0v) is 50.2. The Morgan fingerprint density at radius 1 is 0.372 bits per heavy atom. The Balaban J connectivity index is 4.74. The van der Waals surface area contributed by atoms with Crippen molar-refractivity contribution in [2.24, 2.45) is 0 Å². The van der Waals surface area contributed by atoms with Gasteiger partial charge in [-0.2, -0.15) is 0 Å². The highest BCUT2D eigenvalue weighted by Crippen LogP contribution is 2.43. The highest BCUT2D eigenvalue weighted by atomic mass is 31.2. The molecule has 0 aliphatic rings. The van der Waals surface area contributed by atoms with Crippen LogP contribution < -0.4 is 0 Å². The van der Waals surface area contributed by atoms with Gasteiger partial charge in [0.2, 0.25) is 0 Å². The van der Waals surface area contributed by atoms with Gasteiger partial charge >= 0.3 is 25.7 Å². The number of hydrogen-bond acceptors (Lipinski definition) is 10. The standard InChI is InChI=1S/C66H111O11P/c1-4-7-10-13-16-19-22-25-27-29-31-33-35-38-41-44-47-50-53-56-65(69)76-62(58-67)60-74-78(71,72)75-61-63(59-73-64(68)55-52-49-46-43-40-37-24-21-18-15-12-9-6-3)77-66(70)57-54-51-48-45-42-39-36-34-32-30-28-26-23-20-17-14-11-8-5-2/h8-9,11-12,17-18,20-21,25-28,32,34,37,39-40,42,62-63,67H,4-7,10,13-16,19,22-24,29-31,33,35-36,38,41,43-61H2,1-3H3,(H,71,72)/b11-8-,12-9-,20-17-,21-18-,27-25-,28-26-,34-32-,40-37-,42-39-. The minimum absolute atomic E-state index is 0.117. The third-order valence-electron chi connectivity index (χ3n) is 12.7. The summed E-state index contributed by atoms with van der Waals surface area (Å²) in [4.78, 5) is 48.6. The predicted molar refractivity (Wildman–Crippen MR) is 325 cm³/mol. The number of ether oxygens (including phenoxy) is 3. The summed E-state index contributed by atoms with van der Waals surface area (Å²) in [5, 5.41) is 9.85. The predicted octanol–water partition coefficient (Wildman–Crippen LogP) is 18.6. The lowest BCUT2D eigenvalue weighted by molar-refractivity contribution is -0.161. The Kier molecular flexibility index (Phi) is 56.3. The number of carbonyl (C=O) groups is 3. The zero-order valence-electron chi connectivity index (χ0n) is 49.3. The number of esters is 3. The van der Waals surface area contributed by atoms with Crippen molar-refractivity contribution < 1.29 is 52.2 Å². The SMILES string of the molecule is CC/C=C\C/C=C\C/C=C\C/C=C\C/C=C\CCCCCC(=O)OC(COC(=O)CCCCC/C=C\C/C=C\C/C=C\CC)COP(=O)(O)OCC(CO)OC(=O)CCCCCCCCCCC/C=C\CCCCCCCC. The lowest BCUT2D eigenvalue weighted by Crippen LogP contribution is -2.30. The van der Waals surface area contributed by atoms with E-state index in [-0.39, 0.29) is 25.9 Å². The molecule has 11 nitrogen and oxygen atoms in total. The van der Waals surface area contributed by atoms with Crippen LogP contribution in [0.4, 0.5) is 0 Å². The number of unbranched alkanes of at least 4 members (excludes halogenated alkanes) is 21. The van der Waals surface area contributed by atoms with Crippen molar-refractivity contribution in [1.82, 2.24) is 0 Å². The fourth-order valence-corrected chi connectivity index (χ4v) is 8.82. The molecular weight excluding hydrogens is 1000 g/mol. The van der Waals surface area contributed by atoms with E-state index < -0.39 is 57.8 Å². The molecule has 0 saturated carbocycles. The number of aliphatic hydroxyl groups excluding tert-OH is 1. The third kappa shape index (κ3) is 56.8. The second-order valence-corrected chi connectivity index (χ2v) is 21.6.